The van der Waals surface area contributed by atoms with Crippen LogP contribution in [0.4, 0.5) is 0 Å². The number of carbonyl (C=O) groups is 1. The first kappa shape index (κ1) is 14.5. The van der Waals surface area contributed by atoms with Gasteiger partial charge >= 0.3 is 0 Å². The standard InChI is InChI=1S/C14H28N2O/c1-4-5-6-8-13(2,3)11-16-12(17)14(15)9-7-10-14/h4-11,15H2,1-3H3,(H,16,17). The summed E-state index contributed by atoms with van der Waals surface area (Å²) in [6, 6.07) is 0. The van der Waals surface area contributed by atoms with Gasteiger partial charge in [0.1, 0.15) is 0 Å². The normalized spacial score (nSPS) is 18.6. The van der Waals surface area contributed by atoms with Crippen LogP contribution in [0, 0.1) is 5.41 Å². The molecule has 0 aliphatic heterocycles. The second kappa shape index (κ2) is 5.85. The summed E-state index contributed by atoms with van der Waals surface area (Å²) in [5.74, 6) is 0.0484. The van der Waals surface area contributed by atoms with Gasteiger partial charge in [-0.15, -0.1) is 0 Å². The molecular weight excluding hydrogens is 212 g/mol. The number of hydrogen-bond donors (Lipinski definition) is 2. The van der Waals surface area contributed by atoms with E-state index in [1.807, 2.05) is 0 Å². The minimum Gasteiger partial charge on any atom is -0.354 e. The number of unbranched alkanes of at least 4 members (excludes halogenated alkanes) is 2. The van der Waals surface area contributed by atoms with E-state index in [0.717, 1.165) is 25.8 Å². The number of nitrogens with one attached hydrogen (secondary N) is 1. The van der Waals surface area contributed by atoms with E-state index < -0.39 is 5.54 Å². The highest BCUT2D eigenvalue weighted by molar-refractivity contribution is 5.87. The van der Waals surface area contributed by atoms with Gasteiger partial charge in [0.05, 0.1) is 5.54 Å². The Balaban J connectivity index is 2.26. The topological polar surface area (TPSA) is 55.1 Å². The highest BCUT2D eigenvalue weighted by Crippen LogP contribution is 2.29. The Morgan fingerprint density at radius 2 is 2.00 bits per heavy atom. The first-order chi connectivity index (χ1) is 7.90. The van der Waals surface area contributed by atoms with Crippen molar-refractivity contribution in [2.75, 3.05) is 6.54 Å². The first-order valence-electron chi connectivity index (χ1n) is 6.97. The van der Waals surface area contributed by atoms with Crippen molar-refractivity contribution in [1.29, 1.82) is 0 Å². The van der Waals surface area contributed by atoms with Gasteiger partial charge in [-0.05, 0) is 31.1 Å². The molecule has 0 aromatic rings. The Labute approximate surface area is 106 Å². The quantitative estimate of drug-likeness (QED) is 0.672. The lowest BCUT2D eigenvalue weighted by molar-refractivity contribution is -0.129. The lowest BCUT2D eigenvalue weighted by Gasteiger charge is -2.37. The lowest BCUT2D eigenvalue weighted by atomic mass is 9.76. The fourth-order valence-corrected chi connectivity index (χ4v) is 2.22. The van der Waals surface area contributed by atoms with E-state index in [0.29, 0.717) is 0 Å². The fraction of sp³-hybridized carbons (Fsp3) is 0.929. The maximum atomic E-state index is 11.9. The summed E-state index contributed by atoms with van der Waals surface area (Å²) in [4.78, 5) is 11.9. The maximum absolute atomic E-state index is 11.9. The molecule has 0 radical (unpaired) electrons. The summed E-state index contributed by atoms with van der Waals surface area (Å²) in [7, 11) is 0. The number of nitrogens with two attached hydrogens (primary N) is 1. The van der Waals surface area contributed by atoms with Crippen molar-refractivity contribution in [3.63, 3.8) is 0 Å². The molecule has 0 saturated heterocycles. The molecular formula is C14H28N2O. The van der Waals surface area contributed by atoms with Gasteiger partial charge in [-0.1, -0.05) is 40.0 Å². The molecule has 100 valence electrons. The van der Waals surface area contributed by atoms with Crippen LogP contribution in [0.25, 0.3) is 0 Å². The number of rotatable bonds is 7. The SMILES string of the molecule is CCCCCC(C)(C)CNC(=O)C1(N)CCC1. The van der Waals surface area contributed by atoms with Crippen LogP contribution in [0.5, 0.6) is 0 Å². The molecule has 1 amide bonds. The van der Waals surface area contributed by atoms with Gasteiger partial charge in [-0.3, -0.25) is 4.79 Å². The molecule has 0 spiro atoms. The summed E-state index contributed by atoms with van der Waals surface area (Å²) >= 11 is 0. The molecule has 3 heteroatoms. The largest absolute Gasteiger partial charge is 0.354 e. The van der Waals surface area contributed by atoms with E-state index in [2.05, 4.69) is 26.1 Å². The average Bonchev–Trinajstić information content (AvgIpc) is 2.23. The van der Waals surface area contributed by atoms with Crippen LogP contribution in [0.1, 0.15) is 65.7 Å². The molecule has 3 nitrogen and oxygen atoms in total. The van der Waals surface area contributed by atoms with Crippen molar-refractivity contribution < 1.29 is 4.79 Å². The molecule has 1 fully saturated rings. The van der Waals surface area contributed by atoms with Gasteiger partial charge in [0.15, 0.2) is 0 Å². The molecule has 0 bridgehead atoms. The van der Waals surface area contributed by atoms with Gasteiger partial charge < -0.3 is 11.1 Å². The molecule has 1 saturated carbocycles. The fourth-order valence-electron chi connectivity index (χ4n) is 2.22. The zero-order chi connectivity index (χ0) is 12.9. The second-order valence-corrected chi connectivity index (χ2v) is 6.31. The lowest BCUT2D eigenvalue weighted by Crippen LogP contribution is -2.59. The van der Waals surface area contributed by atoms with Crippen LogP contribution in [0.15, 0.2) is 0 Å². The van der Waals surface area contributed by atoms with E-state index in [-0.39, 0.29) is 11.3 Å². The van der Waals surface area contributed by atoms with Gasteiger partial charge in [0, 0.05) is 6.54 Å². The first-order valence-corrected chi connectivity index (χ1v) is 6.97. The summed E-state index contributed by atoms with van der Waals surface area (Å²) in [6.07, 6.45) is 7.70. The highest BCUT2D eigenvalue weighted by atomic mass is 16.2. The third-order valence-electron chi connectivity index (χ3n) is 3.88. The summed E-state index contributed by atoms with van der Waals surface area (Å²) in [5.41, 5.74) is 5.61. The highest BCUT2D eigenvalue weighted by Gasteiger charge is 2.40. The molecule has 1 aliphatic rings. The molecule has 3 N–H and O–H groups in total. The van der Waals surface area contributed by atoms with E-state index in [1.54, 1.807) is 0 Å². The molecule has 0 unspecified atom stereocenters. The Kier molecular flexibility index (Phi) is 4.99. The monoisotopic (exact) mass is 240 g/mol. The smallest absolute Gasteiger partial charge is 0.240 e. The average molecular weight is 240 g/mol. The third kappa shape index (κ3) is 4.30. The van der Waals surface area contributed by atoms with Crippen LogP contribution in [0.3, 0.4) is 0 Å². The summed E-state index contributed by atoms with van der Waals surface area (Å²) in [5, 5.41) is 3.03. The van der Waals surface area contributed by atoms with E-state index in [1.165, 1.54) is 25.7 Å². The van der Waals surface area contributed by atoms with Gasteiger partial charge in [0.2, 0.25) is 5.91 Å². The maximum Gasteiger partial charge on any atom is 0.240 e. The Morgan fingerprint density at radius 1 is 1.35 bits per heavy atom. The molecule has 17 heavy (non-hydrogen) atoms. The van der Waals surface area contributed by atoms with Gasteiger partial charge in [0.25, 0.3) is 0 Å². The minimum atomic E-state index is -0.556. The van der Waals surface area contributed by atoms with Gasteiger partial charge in [-0.25, -0.2) is 0 Å². The zero-order valence-corrected chi connectivity index (χ0v) is 11.6. The second-order valence-electron chi connectivity index (χ2n) is 6.31. The molecule has 0 heterocycles. The van der Waals surface area contributed by atoms with Crippen LogP contribution in [-0.4, -0.2) is 18.0 Å². The predicted molar refractivity (Wildman–Crippen MR) is 71.7 cm³/mol. The minimum absolute atomic E-state index is 0.0484. The number of carbonyl (C=O) groups excluding carboxylic acids is 1. The van der Waals surface area contributed by atoms with Crippen molar-refractivity contribution >= 4 is 5.91 Å². The van der Waals surface area contributed by atoms with Crippen molar-refractivity contribution in [2.24, 2.45) is 11.1 Å². The van der Waals surface area contributed by atoms with E-state index >= 15 is 0 Å². The summed E-state index contributed by atoms with van der Waals surface area (Å²) in [6.45, 7) is 7.39. The Bertz CT molecular complexity index is 257. The number of amides is 1. The molecule has 0 atom stereocenters. The molecule has 0 aromatic carbocycles. The van der Waals surface area contributed by atoms with Crippen molar-refractivity contribution in [1.82, 2.24) is 5.32 Å². The van der Waals surface area contributed by atoms with Crippen LogP contribution < -0.4 is 11.1 Å². The third-order valence-corrected chi connectivity index (χ3v) is 3.88. The van der Waals surface area contributed by atoms with Crippen LogP contribution >= 0.6 is 0 Å². The van der Waals surface area contributed by atoms with Crippen LogP contribution in [0.2, 0.25) is 0 Å². The Hall–Kier alpha value is -0.570. The zero-order valence-electron chi connectivity index (χ0n) is 11.6. The molecule has 1 aliphatic carbocycles. The Morgan fingerprint density at radius 3 is 2.47 bits per heavy atom. The summed E-state index contributed by atoms with van der Waals surface area (Å²) < 4.78 is 0. The van der Waals surface area contributed by atoms with Crippen molar-refractivity contribution in [2.45, 2.75) is 71.3 Å². The van der Waals surface area contributed by atoms with Crippen molar-refractivity contribution in [3.05, 3.63) is 0 Å². The van der Waals surface area contributed by atoms with Crippen molar-refractivity contribution in [3.8, 4) is 0 Å². The van der Waals surface area contributed by atoms with Crippen LogP contribution in [-0.2, 0) is 4.79 Å². The predicted octanol–water partition coefficient (Wildman–Crippen LogP) is 2.59. The van der Waals surface area contributed by atoms with Gasteiger partial charge in [-0.2, -0.15) is 0 Å². The van der Waals surface area contributed by atoms with E-state index in [4.69, 9.17) is 5.73 Å². The molecule has 1 rings (SSSR count). The number of hydrogen-bond acceptors (Lipinski definition) is 2. The molecule has 0 aromatic heterocycles. The van der Waals surface area contributed by atoms with E-state index in [9.17, 15) is 4.79 Å².